The van der Waals surface area contributed by atoms with Gasteiger partial charge in [-0.05, 0) is 65.1 Å². The SMILES string of the molecule is CN=C(NCCCN1CCC(C)CC1)NCCc1c(C)noc1C.I. The first-order valence-electron chi connectivity index (χ1n) is 9.18. The van der Waals surface area contributed by atoms with Gasteiger partial charge in [-0.15, -0.1) is 24.0 Å². The van der Waals surface area contributed by atoms with Crippen molar-refractivity contribution in [1.29, 1.82) is 0 Å². The van der Waals surface area contributed by atoms with Gasteiger partial charge in [-0.25, -0.2) is 0 Å². The molecule has 1 saturated heterocycles. The first kappa shape index (κ1) is 22.2. The number of halogens is 1. The van der Waals surface area contributed by atoms with Gasteiger partial charge < -0.3 is 20.1 Å². The molecule has 0 radical (unpaired) electrons. The fraction of sp³-hybridized carbons (Fsp3) is 0.778. The quantitative estimate of drug-likeness (QED) is 0.282. The van der Waals surface area contributed by atoms with Crippen LogP contribution in [0.25, 0.3) is 0 Å². The third-order valence-electron chi connectivity index (χ3n) is 4.89. The fourth-order valence-electron chi connectivity index (χ4n) is 3.18. The lowest BCUT2D eigenvalue weighted by atomic mass is 9.99. The van der Waals surface area contributed by atoms with Crippen LogP contribution in [-0.2, 0) is 6.42 Å². The largest absolute Gasteiger partial charge is 0.361 e. The number of piperidine rings is 1. The van der Waals surface area contributed by atoms with Crippen molar-refractivity contribution in [1.82, 2.24) is 20.7 Å². The predicted octanol–water partition coefficient (Wildman–Crippen LogP) is 2.74. The van der Waals surface area contributed by atoms with E-state index in [-0.39, 0.29) is 24.0 Å². The standard InChI is InChI=1S/C18H33N5O.HI/c1-14-7-12-23(13-8-14)11-5-9-20-18(19-4)21-10-6-17-15(2)22-24-16(17)3;/h14H,5-13H2,1-4H3,(H2,19,20,21);1H. The number of hydrogen-bond acceptors (Lipinski definition) is 4. The molecule has 1 fully saturated rings. The van der Waals surface area contributed by atoms with Crippen LogP contribution in [0, 0.1) is 19.8 Å². The molecule has 0 unspecified atom stereocenters. The minimum Gasteiger partial charge on any atom is -0.361 e. The van der Waals surface area contributed by atoms with Crippen LogP contribution >= 0.6 is 24.0 Å². The Morgan fingerprint density at radius 3 is 2.52 bits per heavy atom. The minimum absolute atomic E-state index is 0. The van der Waals surface area contributed by atoms with Gasteiger partial charge in [-0.1, -0.05) is 12.1 Å². The molecule has 2 N–H and O–H groups in total. The number of hydrogen-bond donors (Lipinski definition) is 2. The molecule has 0 spiro atoms. The van der Waals surface area contributed by atoms with Crippen LogP contribution in [0.4, 0.5) is 0 Å². The summed E-state index contributed by atoms with van der Waals surface area (Å²) < 4.78 is 5.19. The Morgan fingerprint density at radius 2 is 1.92 bits per heavy atom. The van der Waals surface area contributed by atoms with E-state index >= 15 is 0 Å². The lowest BCUT2D eigenvalue weighted by Crippen LogP contribution is -2.40. The monoisotopic (exact) mass is 463 g/mol. The van der Waals surface area contributed by atoms with E-state index in [1.807, 2.05) is 20.9 Å². The van der Waals surface area contributed by atoms with Crippen molar-refractivity contribution in [3.8, 4) is 0 Å². The molecule has 0 atom stereocenters. The second-order valence-corrected chi connectivity index (χ2v) is 6.86. The van der Waals surface area contributed by atoms with Crippen LogP contribution in [-0.4, -0.2) is 55.8 Å². The summed E-state index contributed by atoms with van der Waals surface area (Å²) in [5.74, 6) is 2.68. The summed E-state index contributed by atoms with van der Waals surface area (Å²) in [4.78, 5) is 6.87. The Bertz CT molecular complexity index is 504. The summed E-state index contributed by atoms with van der Waals surface area (Å²) in [6, 6.07) is 0. The third kappa shape index (κ3) is 7.52. The van der Waals surface area contributed by atoms with Crippen LogP contribution in [0.3, 0.4) is 0 Å². The molecule has 0 amide bonds. The molecule has 0 saturated carbocycles. The normalized spacial score (nSPS) is 16.6. The fourth-order valence-corrected chi connectivity index (χ4v) is 3.18. The molecule has 6 nitrogen and oxygen atoms in total. The van der Waals surface area contributed by atoms with Crippen LogP contribution in [0.15, 0.2) is 9.52 Å². The number of guanidine groups is 1. The lowest BCUT2D eigenvalue weighted by molar-refractivity contribution is 0.191. The van der Waals surface area contributed by atoms with Gasteiger partial charge in [0.25, 0.3) is 0 Å². The molecule has 2 rings (SSSR count). The predicted molar refractivity (Wildman–Crippen MR) is 114 cm³/mol. The van der Waals surface area contributed by atoms with Crippen LogP contribution in [0.1, 0.15) is 43.2 Å². The molecule has 1 aliphatic heterocycles. The maximum atomic E-state index is 5.19. The van der Waals surface area contributed by atoms with E-state index < -0.39 is 0 Å². The number of rotatable bonds is 7. The van der Waals surface area contributed by atoms with Crippen molar-refractivity contribution in [3.63, 3.8) is 0 Å². The van der Waals surface area contributed by atoms with Gasteiger partial charge in [0.15, 0.2) is 5.96 Å². The summed E-state index contributed by atoms with van der Waals surface area (Å²) >= 11 is 0. The Hall–Kier alpha value is -0.830. The Kier molecular flexibility index (Phi) is 10.4. The van der Waals surface area contributed by atoms with Crippen molar-refractivity contribution >= 4 is 29.9 Å². The number of nitrogens with zero attached hydrogens (tertiary/aromatic N) is 3. The van der Waals surface area contributed by atoms with Crippen LogP contribution in [0.5, 0.6) is 0 Å². The van der Waals surface area contributed by atoms with Crippen molar-refractivity contribution in [3.05, 3.63) is 17.0 Å². The minimum atomic E-state index is 0. The third-order valence-corrected chi connectivity index (χ3v) is 4.89. The van der Waals surface area contributed by atoms with Crippen LogP contribution < -0.4 is 10.6 Å². The van der Waals surface area contributed by atoms with Gasteiger partial charge in [-0.2, -0.15) is 0 Å². The van der Waals surface area contributed by atoms with E-state index in [0.29, 0.717) is 0 Å². The second-order valence-electron chi connectivity index (χ2n) is 6.86. The molecule has 2 heterocycles. The Balaban J connectivity index is 0.00000312. The number of aromatic nitrogens is 1. The van der Waals surface area contributed by atoms with Gasteiger partial charge in [0.05, 0.1) is 5.69 Å². The average molecular weight is 463 g/mol. The van der Waals surface area contributed by atoms with Gasteiger partial charge >= 0.3 is 0 Å². The van der Waals surface area contributed by atoms with E-state index in [1.54, 1.807) is 0 Å². The smallest absolute Gasteiger partial charge is 0.190 e. The first-order chi connectivity index (χ1) is 11.6. The summed E-state index contributed by atoms with van der Waals surface area (Å²) in [7, 11) is 1.82. The van der Waals surface area contributed by atoms with Gasteiger partial charge in [0.2, 0.25) is 0 Å². The molecule has 0 aromatic carbocycles. The van der Waals surface area contributed by atoms with Gasteiger partial charge in [0, 0.05) is 25.7 Å². The molecule has 1 aromatic heterocycles. The summed E-state index contributed by atoms with van der Waals surface area (Å²) in [5.41, 5.74) is 2.17. The number of nitrogens with one attached hydrogen (secondary N) is 2. The highest BCUT2D eigenvalue weighted by Crippen LogP contribution is 2.15. The summed E-state index contributed by atoms with van der Waals surface area (Å²) in [6.07, 6.45) is 4.74. The second kappa shape index (κ2) is 11.7. The number of likely N-dealkylation sites (tertiary alicyclic amines) is 1. The highest BCUT2D eigenvalue weighted by atomic mass is 127. The van der Waals surface area contributed by atoms with E-state index in [1.165, 1.54) is 38.0 Å². The average Bonchev–Trinajstić information content (AvgIpc) is 2.90. The molecule has 144 valence electrons. The van der Waals surface area contributed by atoms with Crippen molar-refractivity contribution < 1.29 is 4.52 Å². The zero-order valence-electron chi connectivity index (χ0n) is 16.1. The van der Waals surface area contributed by atoms with E-state index in [4.69, 9.17) is 4.52 Å². The van der Waals surface area contributed by atoms with Crippen molar-refractivity contribution in [2.75, 3.05) is 39.8 Å². The van der Waals surface area contributed by atoms with Gasteiger partial charge in [-0.3, -0.25) is 4.99 Å². The number of aliphatic imine (C=N–C) groups is 1. The zero-order chi connectivity index (χ0) is 17.4. The number of aryl methyl sites for hydroxylation is 2. The lowest BCUT2D eigenvalue weighted by Gasteiger charge is -2.30. The molecule has 1 aromatic rings. The Morgan fingerprint density at radius 1 is 1.24 bits per heavy atom. The molecule has 7 heteroatoms. The maximum absolute atomic E-state index is 5.19. The van der Waals surface area contributed by atoms with E-state index in [2.05, 4.69) is 32.6 Å². The highest BCUT2D eigenvalue weighted by molar-refractivity contribution is 14.0. The topological polar surface area (TPSA) is 65.7 Å². The Labute approximate surface area is 169 Å². The molecular weight excluding hydrogens is 429 g/mol. The molecule has 1 aliphatic rings. The summed E-state index contributed by atoms with van der Waals surface area (Å²) in [5, 5.41) is 10.8. The highest BCUT2D eigenvalue weighted by Gasteiger charge is 2.14. The summed E-state index contributed by atoms with van der Waals surface area (Å²) in [6.45, 7) is 11.8. The van der Waals surface area contributed by atoms with Gasteiger partial charge in [0.1, 0.15) is 5.76 Å². The molecular formula is C18H34IN5O. The zero-order valence-corrected chi connectivity index (χ0v) is 18.4. The molecule has 0 bridgehead atoms. The first-order valence-corrected chi connectivity index (χ1v) is 9.18. The van der Waals surface area contributed by atoms with Crippen molar-refractivity contribution in [2.24, 2.45) is 10.9 Å². The van der Waals surface area contributed by atoms with E-state index in [9.17, 15) is 0 Å². The maximum Gasteiger partial charge on any atom is 0.190 e. The molecule has 0 aliphatic carbocycles. The molecule has 25 heavy (non-hydrogen) atoms. The van der Waals surface area contributed by atoms with Crippen LogP contribution in [0.2, 0.25) is 0 Å². The van der Waals surface area contributed by atoms with Crippen molar-refractivity contribution in [2.45, 2.75) is 46.5 Å². The van der Waals surface area contributed by atoms with E-state index in [0.717, 1.165) is 49.3 Å².